The molecule has 2 aliphatic rings. The van der Waals surface area contributed by atoms with E-state index in [9.17, 15) is 0 Å². The zero-order chi connectivity index (χ0) is 6.81. The van der Waals surface area contributed by atoms with Crippen LogP contribution in [0.5, 0.6) is 0 Å². The summed E-state index contributed by atoms with van der Waals surface area (Å²) >= 11 is 0. The van der Waals surface area contributed by atoms with E-state index in [2.05, 4.69) is 10.1 Å². The Bertz CT molecular complexity index is 248. The largest absolute Gasteiger partial charge is 0.269 e. The standard InChI is InChI=1S/C7H7N3/c1-2-7-3-5-8-6-10(7)9-4-1/h1-4,6H,5H2. The van der Waals surface area contributed by atoms with Gasteiger partial charge in [-0.05, 0) is 18.2 Å². The summed E-state index contributed by atoms with van der Waals surface area (Å²) in [5, 5.41) is 5.81. The quantitative estimate of drug-likeness (QED) is 0.479. The number of rotatable bonds is 0. The molecule has 0 fully saturated rings. The maximum Gasteiger partial charge on any atom is 0.112 e. The summed E-state index contributed by atoms with van der Waals surface area (Å²) in [6.07, 6.45) is 9.44. The van der Waals surface area contributed by atoms with Gasteiger partial charge in [-0.15, -0.1) is 0 Å². The van der Waals surface area contributed by atoms with Crippen LogP contribution in [0.4, 0.5) is 0 Å². The van der Waals surface area contributed by atoms with Crippen LogP contribution in [-0.2, 0) is 0 Å². The van der Waals surface area contributed by atoms with Gasteiger partial charge in [0.05, 0.1) is 12.2 Å². The lowest BCUT2D eigenvalue weighted by molar-refractivity contribution is 0.572. The third-order valence-corrected chi connectivity index (χ3v) is 1.41. The van der Waals surface area contributed by atoms with E-state index in [4.69, 9.17) is 0 Å². The molecular formula is C7H7N3. The average molecular weight is 133 g/mol. The van der Waals surface area contributed by atoms with E-state index >= 15 is 0 Å². The van der Waals surface area contributed by atoms with Crippen molar-refractivity contribution in [1.82, 2.24) is 5.01 Å². The zero-order valence-electron chi connectivity index (χ0n) is 5.44. The van der Waals surface area contributed by atoms with Crippen LogP contribution in [0.3, 0.4) is 0 Å². The lowest BCUT2D eigenvalue weighted by Gasteiger charge is -2.18. The van der Waals surface area contributed by atoms with Gasteiger partial charge in [-0.2, -0.15) is 5.10 Å². The summed E-state index contributed by atoms with van der Waals surface area (Å²) in [5.41, 5.74) is 1.11. The van der Waals surface area contributed by atoms with Gasteiger partial charge in [-0.1, -0.05) is 0 Å². The molecule has 0 saturated heterocycles. The highest BCUT2D eigenvalue weighted by Crippen LogP contribution is 2.10. The number of hydrogen-bond acceptors (Lipinski definition) is 3. The van der Waals surface area contributed by atoms with Gasteiger partial charge >= 0.3 is 0 Å². The fourth-order valence-electron chi connectivity index (χ4n) is 0.924. The molecular weight excluding hydrogens is 126 g/mol. The topological polar surface area (TPSA) is 28.0 Å². The number of hydrogen-bond donors (Lipinski definition) is 0. The van der Waals surface area contributed by atoms with Crippen LogP contribution in [0.25, 0.3) is 0 Å². The minimum Gasteiger partial charge on any atom is -0.269 e. The van der Waals surface area contributed by atoms with E-state index in [0.717, 1.165) is 12.2 Å². The van der Waals surface area contributed by atoms with Gasteiger partial charge in [0.25, 0.3) is 0 Å². The second-order valence-electron chi connectivity index (χ2n) is 2.08. The summed E-state index contributed by atoms with van der Waals surface area (Å²) in [4.78, 5) is 4.04. The lowest BCUT2D eigenvalue weighted by Crippen LogP contribution is -2.18. The van der Waals surface area contributed by atoms with Gasteiger partial charge in [-0.25, -0.2) is 5.01 Å². The molecule has 0 amide bonds. The molecule has 0 bridgehead atoms. The molecule has 10 heavy (non-hydrogen) atoms. The molecule has 3 heteroatoms. The number of hydrazone groups is 1. The van der Waals surface area contributed by atoms with Crippen molar-refractivity contribution in [3.63, 3.8) is 0 Å². The molecule has 0 radical (unpaired) electrons. The van der Waals surface area contributed by atoms with Gasteiger partial charge in [0.15, 0.2) is 0 Å². The molecule has 0 saturated carbocycles. The van der Waals surface area contributed by atoms with Crippen LogP contribution in [-0.4, -0.2) is 24.1 Å². The first kappa shape index (κ1) is 5.41. The van der Waals surface area contributed by atoms with Gasteiger partial charge in [0.2, 0.25) is 0 Å². The maximum absolute atomic E-state index is 4.06. The van der Waals surface area contributed by atoms with Crippen molar-refractivity contribution in [2.45, 2.75) is 0 Å². The van der Waals surface area contributed by atoms with E-state index in [1.807, 2.05) is 18.2 Å². The predicted molar refractivity (Wildman–Crippen MR) is 40.9 cm³/mol. The summed E-state index contributed by atoms with van der Waals surface area (Å²) < 4.78 is 0. The Hall–Kier alpha value is -1.38. The highest BCUT2D eigenvalue weighted by molar-refractivity contribution is 5.76. The smallest absolute Gasteiger partial charge is 0.112 e. The highest BCUT2D eigenvalue weighted by atomic mass is 15.5. The number of aliphatic imine (C=N–C) groups is 1. The second kappa shape index (κ2) is 2.10. The van der Waals surface area contributed by atoms with Crippen LogP contribution in [0.15, 0.2) is 34.0 Å². The monoisotopic (exact) mass is 133 g/mol. The minimum absolute atomic E-state index is 0.770. The molecule has 2 aliphatic heterocycles. The molecule has 2 rings (SSSR count). The van der Waals surface area contributed by atoms with E-state index in [1.54, 1.807) is 17.6 Å². The number of allylic oxidation sites excluding steroid dienone is 2. The lowest BCUT2D eigenvalue weighted by atomic mass is 10.3. The first-order valence-electron chi connectivity index (χ1n) is 3.17. The zero-order valence-corrected chi connectivity index (χ0v) is 5.44. The Morgan fingerprint density at radius 1 is 1.50 bits per heavy atom. The summed E-state index contributed by atoms with van der Waals surface area (Å²) in [6.45, 7) is 0.770. The Morgan fingerprint density at radius 2 is 2.50 bits per heavy atom. The third kappa shape index (κ3) is 0.757. The molecule has 0 N–H and O–H groups in total. The Kier molecular flexibility index (Phi) is 1.13. The fourth-order valence-corrected chi connectivity index (χ4v) is 0.924. The Balaban J connectivity index is 2.33. The van der Waals surface area contributed by atoms with Crippen molar-refractivity contribution in [1.29, 1.82) is 0 Å². The van der Waals surface area contributed by atoms with Crippen LogP contribution < -0.4 is 0 Å². The summed E-state index contributed by atoms with van der Waals surface area (Å²) in [7, 11) is 0. The van der Waals surface area contributed by atoms with E-state index in [1.165, 1.54) is 0 Å². The van der Waals surface area contributed by atoms with Crippen LogP contribution in [0.2, 0.25) is 0 Å². The van der Waals surface area contributed by atoms with Crippen LogP contribution in [0, 0.1) is 0 Å². The van der Waals surface area contributed by atoms with Crippen molar-refractivity contribution >= 4 is 12.6 Å². The van der Waals surface area contributed by atoms with Gasteiger partial charge in [0, 0.05) is 6.21 Å². The molecule has 0 aliphatic carbocycles. The maximum atomic E-state index is 4.06. The Morgan fingerprint density at radius 3 is 3.40 bits per heavy atom. The first-order valence-corrected chi connectivity index (χ1v) is 3.17. The fraction of sp³-hybridized carbons (Fsp3) is 0.143. The summed E-state index contributed by atoms with van der Waals surface area (Å²) in [6, 6.07) is 0. The van der Waals surface area contributed by atoms with E-state index < -0.39 is 0 Å². The molecule has 0 atom stereocenters. The molecule has 0 aromatic heterocycles. The molecule has 50 valence electrons. The molecule has 0 spiro atoms. The van der Waals surface area contributed by atoms with Crippen LogP contribution >= 0.6 is 0 Å². The number of fused-ring (bicyclic) bond motifs is 1. The molecule has 0 aromatic rings. The molecule has 3 nitrogen and oxygen atoms in total. The average Bonchev–Trinajstić information content (AvgIpc) is 2.05. The van der Waals surface area contributed by atoms with E-state index in [-0.39, 0.29) is 0 Å². The minimum atomic E-state index is 0.770. The predicted octanol–water partition coefficient (Wildman–Crippen LogP) is 0.770. The SMILES string of the molecule is C1=CC2=CCN=CN2N=C1. The normalized spacial score (nSPS) is 20.8. The van der Waals surface area contributed by atoms with Crippen molar-refractivity contribution < 1.29 is 0 Å². The van der Waals surface area contributed by atoms with E-state index in [0.29, 0.717) is 0 Å². The van der Waals surface area contributed by atoms with Crippen molar-refractivity contribution in [2.75, 3.05) is 6.54 Å². The van der Waals surface area contributed by atoms with Crippen molar-refractivity contribution in [3.05, 3.63) is 23.9 Å². The molecule has 0 aromatic carbocycles. The summed E-state index contributed by atoms with van der Waals surface area (Å²) in [5.74, 6) is 0. The van der Waals surface area contributed by atoms with Gasteiger partial charge < -0.3 is 0 Å². The van der Waals surface area contributed by atoms with Crippen molar-refractivity contribution in [3.8, 4) is 0 Å². The van der Waals surface area contributed by atoms with Crippen molar-refractivity contribution in [2.24, 2.45) is 10.1 Å². The molecule has 0 unspecified atom stereocenters. The number of nitrogens with zero attached hydrogens (tertiary/aromatic N) is 3. The second-order valence-corrected chi connectivity index (χ2v) is 2.08. The van der Waals surface area contributed by atoms with Gasteiger partial charge in [-0.3, -0.25) is 4.99 Å². The Labute approximate surface area is 59.1 Å². The third-order valence-electron chi connectivity index (χ3n) is 1.41. The molecule has 2 heterocycles. The first-order chi connectivity index (χ1) is 4.97. The van der Waals surface area contributed by atoms with Crippen LogP contribution in [0.1, 0.15) is 0 Å². The highest BCUT2D eigenvalue weighted by Gasteiger charge is 2.06. The van der Waals surface area contributed by atoms with Gasteiger partial charge in [0.1, 0.15) is 6.34 Å².